The third-order valence-corrected chi connectivity index (χ3v) is 4.44. The standard InChI is InChI=1S/C15H12BrIN4/c16-14-7-12(17)5-4-11(14)8-18-13-3-1-2-10(6-13)15-19-9-20-21-15/h1-7,9,18H,8H2,(H,19,20,21). The summed E-state index contributed by atoms with van der Waals surface area (Å²) in [6.45, 7) is 0.759. The van der Waals surface area contributed by atoms with E-state index < -0.39 is 0 Å². The van der Waals surface area contributed by atoms with Crippen molar-refractivity contribution < 1.29 is 0 Å². The molecule has 106 valence electrons. The van der Waals surface area contributed by atoms with Gasteiger partial charge in [-0.15, -0.1) is 0 Å². The molecule has 0 unspecified atom stereocenters. The lowest BCUT2D eigenvalue weighted by Gasteiger charge is -2.09. The van der Waals surface area contributed by atoms with E-state index in [1.54, 1.807) is 6.33 Å². The topological polar surface area (TPSA) is 53.6 Å². The molecule has 0 aliphatic rings. The number of hydrogen-bond acceptors (Lipinski definition) is 3. The van der Waals surface area contributed by atoms with Crippen LogP contribution in [-0.4, -0.2) is 15.2 Å². The number of aromatic amines is 1. The zero-order valence-electron chi connectivity index (χ0n) is 11.0. The first-order chi connectivity index (χ1) is 10.2. The molecule has 0 spiro atoms. The van der Waals surface area contributed by atoms with Crippen LogP contribution in [0.4, 0.5) is 5.69 Å². The van der Waals surface area contributed by atoms with Crippen molar-refractivity contribution in [3.63, 3.8) is 0 Å². The van der Waals surface area contributed by atoms with Gasteiger partial charge in [-0.1, -0.05) is 34.1 Å². The number of nitrogens with zero attached hydrogens (tertiary/aromatic N) is 2. The smallest absolute Gasteiger partial charge is 0.180 e. The van der Waals surface area contributed by atoms with Gasteiger partial charge in [0.25, 0.3) is 0 Å². The number of aromatic nitrogens is 3. The Bertz CT molecular complexity index is 743. The summed E-state index contributed by atoms with van der Waals surface area (Å²) < 4.78 is 2.34. The Kier molecular flexibility index (Phi) is 4.54. The second kappa shape index (κ2) is 6.57. The maximum absolute atomic E-state index is 4.17. The van der Waals surface area contributed by atoms with Crippen LogP contribution in [-0.2, 0) is 6.54 Å². The van der Waals surface area contributed by atoms with Crippen LogP contribution in [0, 0.1) is 3.57 Å². The molecule has 2 aromatic carbocycles. The minimum Gasteiger partial charge on any atom is -0.381 e. The van der Waals surface area contributed by atoms with Crippen molar-refractivity contribution >= 4 is 44.2 Å². The minimum absolute atomic E-state index is 0.703. The van der Waals surface area contributed by atoms with Gasteiger partial charge in [0.15, 0.2) is 5.82 Å². The molecule has 0 bridgehead atoms. The molecule has 3 aromatic rings. The van der Waals surface area contributed by atoms with E-state index in [-0.39, 0.29) is 0 Å². The molecule has 21 heavy (non-hydrogen) atoms. The van der Waals surface area contributed by atoms with Crippen LogP contribution in [0.25, 0.3) is 11.4 Å². The molecular formula is C15H12BrIN4. The van der Waals surface area contributed by atoms with E-state index in [0.29, 0.717) is 5.82 Å². The van der Waals surface area contributed by atoms with E-state index in [9.17, 15) is 0 Å². The molecule has 0 saturated heterocycles. The molecule has 0 radical (unpaired) electrons. The molecule has 1 heterocycles. The Morgan fingerprint density at radius 3 is 2.86 bits per heavy atom. The highest BCUT2D eigenvalue weighted by atomic mass is 127. The quantitative estimate of drug-likeness (QED) is 0.572. The van der Waals surface area contributed by atoms with Crippen molar-refractivity contribution in [1.29, 1.82) is 0 Å². The maximum atomic E-state index is 4.17. The zero-order chi connectivity index (χ0) is 14.7. The summed E-state index contributed by atoms with van der Waals surface area (Å²) in [5.41, 5.74) is 3.25. The molecular weight excluding hydrogens is 443 g/mol. The highest BCUT2D eigenvalue weighted by Crippen LogP contribution is 2.22. The van der Waals surface area contributed by atoms with E-state index in [0.717, 1.165) is 22.3 Å². The normalized spacial score (nSPS) is 10.6. The first-order valence-electron chi connectivity index (χ1n) is 6.36. The fourth-order valence-corrected chi connectivity index (χ4v) is 3.42. The molecule has 0 amide bonds. The molecule has 0 saturated carbocycles. The van der Waals surface area contributed by atoms with Gasteiger partial charge < -0.3 is 5.32 Å². The van der Waals surface area contributed by atoms with Gasteiger partial charge in [0.1, 0.15) is 6.33 Å². The number of rotatable bonds is 4. The molecule has 6 heteroatoms. The van der Waals surface area contributed by atoms with E-state index >= 15 is 0 Å². The molecule has 0 fully saturated rings. The summed E-state index contributed by atoms with van der Waals surface area (Å²) >= 11 is 5.90. The fraction of sp³-hybridized carbons (Fsp3) is 0.0667. The van der Waals surface area contributed by atoms with Gasteiger partial charge in [-0.25, -0.2) is 4.98 Å². The molecule has 3 rings (SSSR count). The van der Waals surface area contributed by atoms with E-state index in [2.05, 4.69) is 77.2 Å². The van der Waals surface area contributed by atoms with Crippen molar-refractivity contribution in [2.75, 3.05) is 5.32 Å². The predicted molar refractivity (Wildman–Crippen MR) is 96.0 cm³/mol. The van der Waals surface area contributed by atoms with Gasteiger partial charge >= 0.3 is 0 Å². The fourth-order valence-electron chi connectivity index (χ4n) is 1.98. The van der Waals surface area contributed by atoms with Gasteiger partial charge in [-0.05, 0) is 52.4 Å². The molecule has 0 aliphatic heterocycles. The second-order valence-electron chi connectivity index (χ2n) is 4.49. The Morgan fingerprint density at radius 2 is 2.10 bits per heavy atom. The van der Waals surface area contributed by atoms with Crippen LogP contribution >= 0.6 is 38.5 Å². The van der Waals surface area contributed by atoms with Gasteiger partial charge in [0, 0.05) is 25.8 Å². The highest BCUT2D eigenvalue weighted by Gasteiger charge is 2.04. The van der Waals surface area contributed by atoms with Gasteiger partial charge in [0.2, 0.25) is 0 Å². The van der Waals surface area contributed by atoms with Gasteiger partial charge in [-0.3, -0.25) is 5.10 Å². The Hall–Kier alpha value is -1.41. The Morgan fingerprint density at radius 1 is 1.19 bits per heavy atom. The van der Waals surface area contributed by atoms with Gasteiger partial charge in [-0.2, -0.15) is 5.10 Å². The van der Waals surface area contributed by atoms with Crippen LogP contribution in [0.15, 0.2) is 53.3 Å². The predicted octanol–water partition coefficient (Wildman–Crippen LogP) is 4.45. The number of halogens is 2. The van der Waals surface area contributed by atoms with E-state index in [1.165, 1.54) is 9.13 Å². The summed E-state index contributed by atoms with van der Waals surface area (Å²) in [5.74, 6) is 0.703. The Balaban J connectivity index is 1.75. The van der Waals surface area contributed by atoms with Crippen molar-refractivity contribution in [2.45, 2.75) is 6.54 Å². The second-order valence-corrected chi connectivity index (χ2v) is 6.59. The van der Waals surface area contributed by atoms with Crippen LogP contribution in [0.1, 0.15) is 5.56 Å². The average molecular weight is 455 g/mol. The number of nitrogens with one attached hydrogen (secondary N) is 2. The van der Waals surface area contributed by atoms with Crippen molar-refractivity contribution in [3.05, 3.63) is 62.4 Å². The van der Waals surface area contributed by atoms with Crippen LogP contribution in [0.3, 0.4) is 0 Å². The summed E-state index contributed by atoms with van der Waals surface area (Å²) in [7, 11) is 0. The Labute approximate surface area is 144 Å². The average Bonchev–Trinajstić information content (AvgIpc) is 3.01. The zero-order valence-corrected chi connectivity index (χ0v) is 14.7. The van der Waals surface area contributed by atoms with Crippen molar-refractivity contribution in [1.82, 2.24) is 15.2 Å². The third-order valence-electron chi connectivity index (χ3n) is 3.03. The monoisotopic (exact) mass is 454 g/mol. The third kappa shape index (κ3) is 3.62. The van der Waals surface area contributed by atoms with Crippen molar-refractivity contribution in [2.24, 2.45) is 0 Å². The molecule has 1 aromatic heterocycles. The number of anilines is 1. The first-order valence-corrected chi connectivity index (χ1v) is 8.23. The highest BCUT2D eigenvalue weighted by molar-refractivity contribution is 14.1. The summed E-state index contributed by atoms with van der Waals surface area (Å²) in [4.78, 5) is 4.17. The SMILES string of the molecule is Brc1cc(I)ccc1CNc1cccc(-c2nc[nH]n2)c1. The van der Waals surface area contributed by atoms with E-state index in [1.807, 2.05) is 24.3 Å². The van der Waals surface area contributed by atoms with Crippen LogP contribution in [0.5, 0.6) is 0 Å². The van der Waals surface area contributed by atoms with Crippen molar-refractivity contribution in [3.8, 4) is 11.4 Å². The first kappa shape index (κ1) is 14.5. The maximum Gasteiger partial charge on any atom is 0.180 e. The molecule has 2 N–H and O–H groups in total. The summed E-state index contributed by atoms with van der Waals surface area (Å²) in [6, 6.07) is 14.4. The van der Waals surface area contributed by atoms with Crippen LogP contribution in [0.2, 0.25) is 0 Å². The van der Waals surface area contributed by atoms with E-state index in [4.69, 9.17) is 0 Å². The lowest BCUT2D eigenvalue weighted by atomic mass is 10.1. The lowest BCUT2D eigenvalue weighted by Crippen LogP contribution is -2.00. The largest absolute Gasteiger partial charge is 0.381 e. The number of H-pyrrole nitrogens is 1. The molecule has 4 nitrogen and oxygen atoms in total. The number of benzene rings is 2. The molecule has 0 atom stereocenters. The summed E-state index contributed by atoms with van der Waals surface area (Å²) in [6.07, 6.45) is 1.58. The number of hydrogen-bond donors (Lipinski definition) is 2. The lowest BCUT2D eigenvalue weighted by molar-refractivity contribution is 1.09. The molecule has 0 aliphatic carbocycles. The van der Waals surface area contributed by atoms with Crippen LogP contribution < -0.4 is 5.32 Å². The minimum atomic E-state index is 0.703. The summed E-state index contributed by atoms with van der Waals surface area (Å²) in [5, 5.41) is 10.3. The van der Waals surface area contributed by atoms with Gasteiger partial charge in [0.05, 0.1) is 0 Å².